The first-order valence-corrected chi connectivity index (χ1v) is 8.05. The van der Waals surface area contributed by atoms with Gasteiger partial charge in [0, 0.05) is 14.1 Å². The maximum absolute atomic E-state index is 12.3. The molecular formula is C19H22N2O3. The summed E-state index contributed by atoms with van der Waals surface area (Å²) < 4.78 is 11.7. The largest absolute Gasteiger partial charge is 0.492 e. The van der Waals surface area contributed by atoms with E-state index in [0.29, 0.717) is 19.7 Å². The first-order valence-electron chi connectivity index (χ1n) is 8.05. The van der Waals surface area contributed by atoms with E-state index in [-0.39, 0.29) is 5.91 Å². The van der Waals surface area contributed by atoms with Crippen LogP contribution < -0.4 is 14.4 Å². The Morgan fingerprint density at radius 2 is 1.88 bits per heavy atom. The molecule has 0 radical (unpaired) electrons. The first kappa shape index (κ1) is 16.2. The highest BCUT2D eigenvalue weighted by atomic mass is 16.5. The highest BCUT2D eigenvalue weighted by Crippen LogP contribution is 2.33. The normalized spacial score (nSPS) is 16.1. The zero-order valence-corrected chi connectivity index (χ0v) is 14.0. The van der Waals surface area contributed by atoms with Gasteiger partial charge in [-0.1, -0.05) is 30.3 Å². The summed E-state index contributed by atoms with van der Waals surface area (Å²) in [5.41, 5.74) is 0.997. The number of likely N-dealkylation sites (N-methyl/N-ethyl adjacent to an activating group) is 1. The quantitative estimate of drug-likeness (QED) is 0.846. The molecule has 2 aromatic carbocycles. The van der Waals surface area contributed by atoms with Gasteiger partial charge in [0.15, 0.2) is 6.10 Å². The average molecular weight is 326 g/mol. The summed E-state index contributed by atoms with van der Waals surface area (Å²) in [7, 11) is 3.49. The Bertz CT molecular complexity index is 688. The van der Waals surface area contributed by atoms with Crippen molar-refractivity contribution in [3.63, 3.8) is 0 Å². The van der Waals surface area contributed by atoms with Gasteiger partial charge in [-0.05, 0) is 24.3 Å². The number of ether oxygens (including phenoxy) is 2. The lowest BCUT2D eigenvalue weighted by Crippen LogP contribution is -2.49. The molecule has 0 spiro atoms. The molecule has 5 heteroatoms. The average Bonchev–Trinajstić information content (AvgIpc) is 2.61. The molecule has 1 amide bonds. The van der Waals surface area contributed by atoms with E-state index in [1.165, 1.54) is 0 Å². The molecule has 0 saturated carbocycles. The number of carbonyl (C=O) groups excluding carboxylic acids is 1. The predicted molar refractivity (Wildman–Crippen MR) is 93.7 cm³/mol. The fourth-order valence-electron chi connectivity index (χ4n) is 2.73. The number of fused-ring (bicyclic) bond motifs is 1. The van der Waals surface area contributed by atoms with Crippen molar-refractivity contribution >= 4 is 11.6 Å². The second-order valence-electron chi connectivity index (χ2n) is 5.91. The van der Waals surface area contributed by atoms with E-state index in [9.17, 15) is 4.79 Å². The standard InChI is InChI=1S/C19H22N2O3/c1-20(2)19(22)18-14-21(16-10-6-7-11-17(16)24-18)12-13-23-15-8-4-3-5-9-15/h3-11,18H,12-14H2,1-2H3/t18-/m1/s1. The van der Waals surface area contributed by atoms with Gasteiger partial charge in [-0.15, -0.1) is 0 Å². The Morgan fingerprint density at radius 3 is 2.62 bits per heavy atom. The van der Waals surface area contributed by atoms with Gasteiger partial charge in [0.2, 0.25) is 0 Å². The van der Waals surface area contributed by atoms with Crippen molar-refractivity contribution in [1.29, 1.82) is 0 Å². The number of carbonyl (C=O) groups is 1. The van der Waals surface area contributed by atoms with E-state index in [1.807, 2.05) is 54.6 Å². The summed E-state index contributed by atoms with van der Waals surface area (Å²) >= 11 is 0. The van der Waals surface area contributed by atoms with E-state index in [1.54, 1.807) is 19.0 Å². The van der Waals surface area contributed by atoms with Crippen LogP contribution in [-0.4, -0.2) is 50.7 Å². The first-order chi connectivity index (χ1) is 11.6. The van der Waals surface area contributed by atoms with Gasteiger partial charge in [-0.3, -0.25) is 4.79 Å². The van der Waals surface area contributed by atoms with Crippen LogP contribution in [0.2, 0.25) is 0 Å². The molecule has 126 valence electrons. The van der Waals surface area contributed by atoms with Gasteiger partial charge in [0.1, 0.15) is 18.1 Å². The molecule has 0 bridgehead atoms. The minimum absolute atomic E-state index is 0.0292. The van der Waals surface area contributed by atoms with Gasteiger partial charge in [-0.25, -0.2) is 0 Å². The smallest absolute Gasteiger partial charge is 0.265 e. The van der Waals surface area contributed by atoms with E-state index in [0.717, 1.165) is 17.2 Å². The summed E-state index contributed by atoms with van der Waals surface area (Å²) in [5, 5.41) is 0. The van der Waals surface area contributed by atoms with Crippen LogP contribution in [0.15, 0.2) is 54.6 Å². The molecule has 1 atom stereocenters. The lowest BCUT2D eigenvalue weighted by Gasteiger charge is -2.36. The number of rotatable bonds is 5. The van der Waals surface area contributed by atoms with Crippen LogP contribution in [0.1, 0.15) is 0 Å². The van der Waals surface area contributed by atoms with Crippen LogP contribution in [0.4, 0.5) is 5.69 Å². The molecular weight excluding hydrogens is 304 g/mol. The SMILES string of the molecule is CN(C)C(=O)[C@H]1CN(CCOc2ccccc2)c2ccccc2O1. The van der Waals surface area contributed by atoms with E-state index < -0.39 is 6.10 Å². The van der Waals surface area contributed by atoms with Crippen molar-refractivity contribution in [3.05, 3.63) is 54.6 Å². The fourth-order valence-corrected chi connectivity index (χ4v) is 2.73. The van der Waals surface area contributed by atoms with E-state index >= 15 is 0 Å². The van der Waals surface area contributed by atoms with Crippen molar-refractivity contribution in [1.82, 2.24) is 4.90 Å². The summed E-state index contributed by atoms with van der Waals surface area (Å²) in [6.07, 6.45) is -0.494. The summed E-state index contributed by atoms with van der Waals surface area (Å²) in [5.74, 6) is 1.56. The van der Waals surface area contributed by atoms with Crippen LogP contribution in [0, 0.1) is 0 Å². The fraction of sp³-hybridized carbons (Fsp3) is 0.316. The number of amides is 1. The topological polar surface area (TPSA) is 42.0 Å². The molecule has 0 N–H and O–H groups in total. The molecule has 1 heterocycles. The third-order valence-corrected chi connectivity index (χ3v) is 3.95. The molecule has 2 aromatic rings. The molecule has 1 aliphatic rings. The molecule has 5 nitrogen and oxygen atoms in total. The molecule has 0 saturated heterocycles. The maximum Gasteiger partial charge on any atom is 0.265 e. The molecule has 3 rings (SSSR count). The Hall–Kier alpha value is -2.69. The number of nitrogens with zero attached hydrogens (tertiary/aromatic N) is 2. The minimum atomic E-state index is -0.494. The lowest BCUT2D eigenvalue weighted by atomic mass is 10.1. The summed E-state index contributed by atoms with van der Waals surface area (Å²) in [6, 6.07) is 17.5. The molecule has 1 aliphatic heterocycles. The van der Waals surface area contributed by atoms with Crippen LogP contribution in [-0.2, 0) is 4.79 Å². The van der Waals surface area contributed by atoms with Gasteiger partial charge < -0.3 is 19.3 Å². The van der Waals surface area contributed by atoms with Crippen molar-refractivity contribution in [3.8, 4) is 11.5 Å². The molecule has 24 heavy (non-hydrogen) atoms. The van der Waals surface area contributed by atoms with Crippen molar-refractivity contribution < 1.29 is 14.3 Å². The summed E-state index contributed by atoms with van der Waals surface area (Å²) in [4.78, 5) is 16.0. The number of para-hydroxylation sites is 3. The Labute approximate surface area is 142 Å². The summed E-state index contributed by atoms with van der Waals surface area (Å²) in [6.45, 7) is 1.75. The highest BCUT2D eigenvalue weighted by molar-refractivity contribution is 5.83. The van der Waals surface area contributed by atoms with Crippen LogP contribution in [0.5, 0.6) is 11.5 Å². The molecule has 0 fully saturated rings. The second-order valence-corrected chi connectivity index (χ2v) is 5.91. The second kappa shape index (κ2) is 7.25. The lowest BCUT2D eigenvalue weighted by molar-refractivity contribution is -0.136. The van der Waals surface area contributed by atoms with Crippen molar-refractivity contribution in [2.45, 2.75) is 6.10 Å². The van der Waals surface area contributed by atoms with Gasteiger partial charge in [0.25, 0.3) is 5.91 Å². The van der Waals surface area contributed by atoms with Gasteiger partial charge >= 0.3 is 0 Å². The Morgan fingerprint density at radius 1 is 1.17 bits per heavy atom. The third-order valence-electron chi connectivity index (χ3n) is 3.95. The predicted octanol–water partition coefficient (Wildman–Crippen LogP) is 2.42. The highest BCUT2D eigenvalue weighted by Gasteiger charge is 2.31. The van der Waals surface area contributed by atoms with Gasteiger partial charge in [-0.2, -0.15) is 0 Å². The monoisotopic (exact) mass is 326 g/mol. The number of anilines is 1. The zero-order chi connectivity index (χ0) is 16.9. The van der Waals surface area contributed by atoms with Crippen LogP contribution in [0.3, 0.4) is 0 Å². The zero-order valence-electron chi connectivity index (χ0n) is 14.0. The molecule has 0 aromatic heterocycles. The number of hydrogen-bond acceptors (Lipinski definition) is 4. The van der Waals surface area contributed by atoms with Gasteiger partial charge in [0.05, 0.1) is 18.8 Å². The third kappa shape index (κ3) is 3.62. The molecule has 0 aliphatic carbocycles. The van der Waals surface area contributed by atoms with E-state index in [4.69, 9.17) is 9.47 Å². The minimum Gasteiger partial charge on any atom is -0.492 e. The van der Waals surface area contributed by atoms with Crippen LogP contribution in [0.25, 0.3) is 0 Å². The van der Waals surface area contributed by atoms with Crippen molar-refractivity contribution in [2.75, 3.05) is 38.7 Å². The van der Waals surface area contributed by atoms with Crippen LogP contribution >= 0.6 is 0 Å². The number of benzene rings is 2. The van der Waals surface area contributed by atoms with Crippen molar-refractivity contribution in [2.24, 2.45) is 0 Å². The Kier molecular flexibility index (Phi) is 4.89. The Balaban J connectivity index is 1.69. The number of hydrogen-bond donors (Lipinski definition) is 0. The maximum atomic E-state index is 12.3. The molecule has 0 unspecified atom stereocenters. The van der Waals surface area contributed by atoms with E-state index in [2.05, 4.69) is 4.90 Å².